The van der Waals surface area contributed by atoms with Gasteiger partial charge in [-0.25, -0.2) is 0 Å². The first-order valence-electron chi connectivity index (χ1n) is 4.66. The molecule has 0 unspecified atom stereocenters. The number of hydrogen-bond donors (Lipinski definition) is 0. The van der Waals surface area contributed by atoms with Gasteiger partial charge in [-0.2, -0.15) is 10.2 Å². The van der Waals surface area contributed by atoms with Crippen LogP contribution >= 0.6 is 11.6 Å². The molecular formula is C10H8ClF3N2O2. The van der Waals surface area contributed by atoms with Crippen LogP contribution in [0.25, 0.3) is 0 Å². The lowest BCUT2D eigenvalue weighted by Gasteiger charge is -2.13. The fraction of sp³-hybridized carbons (Fsp3) is 0.400. The SMILES string of the molecule is COc1nc(OC(F)(F)F)c(CCl)cc1CC#N. The highest BCUT2D eigenvalue weighted by molar-refractivity contribution is 6.17. The summed E-state index contributed by atoms with van der Waals surface area (Å²) in [6, 6.07) is 3.16. The van der Waals surface area contributed by atoms with Crippen LogP contribution in [0.2, 0.25) is 0 Å². The molecule has 98 valence electrons. The highest BCUT2D eigenvalue weighted by atomic mass is 35.5. The van der Waals surface area contributed by atoms with E-state index in [1.807, 2.05) is 6.07 Å². The Hall–Kier alpha value is -1.68. The quantitative estimate of drug-likeness (QED) is 0.796. The van der Waals surface area contributed by atoms with Crippen molar-refractivity contribution in [3.05, 3.63) is 17.2 Å². The Labute approximate surface area is 106 Å². The Kier molecular flexibility index (Phi) is 4.62. The molecule has 1 heterocycles. The average Bonchev–Trinajstić information content (AvgIpc) is 2.28. The number of rotatable bonds is 4. The van der Waals surface area contributed by atoms with Gasteiger partial charge < -0.3 is 9.47 Å². The minimum absolute atomic E-state index is 0.0417. The Balaban J connectivity index is 3.22. The zero-order chi connectivity index (χ0) is 13.8. The molecule has 0 saturated carbocycles. The van der Waals surface area contributed by atoms with Gasteiger partial charge in [0.05, 0.1) is 25.5 Å². The lowest BCUT2D eigenvalue weighted by molar-refractivity contribution is -0.276. The molecule has 0 N–H and O–H groups in total. The van der Waals surface area contributed by atoms with E-state index in [-0.39, 0.29) is 23.7 Å². The second-order valence-corrected chi connectivity index (χ2v) is 3.40. The highest BCUT2D eigenvalue weighted by Gasteiger charge is 2.33. The minimum Gasteiger partial charge on any atom is -0.481 e. The molecule has 0 bridgehead atoms. The molecule has 0 atom stereocenters. The molecule has 8 heteroatoms. The molecule has 0 saturated heterocycles. The van der Waals surface area contributed by atoms with E-state index in [1.54, 1.807) is 0 Å². The number of halogens is 4. The molecule has 0 aromatic carbocycles. The second-order valence-electron chi connectivity index (χ2n) is 3.14. The Morgan fingerprint density at radius 2 is 2.06 bits per heavy atom. The first-order chi connectivity index (χ1) is 8.41. The summed E-state index contributed by atoms with van der Waals surface area (Å²) in [6.07, 6.45) is -4.91. The third-order valence-electron chi connectivity index (χ3n) is 1.92. The van der Waals surface area contributed by atoms with Crippen molar-refractivity contribution in [2.45, 2.75) is 18.7 Å². The highest BCUT2D eigenvalue weighted by Crippen LogP contribution is 2.30. The van der Waals surface area contributed by atoms with Gasteiger partial charge in [-0.1, -0.05) is 0 Å². The molecule has 0 aliphatic rings. The topological polar surface area (TPSA) is 55.1 Å². The van der Waals surface area contributed by atoms with Crippen LogP contribution in [0, 0.1) is 11.3 Å². The van der Waals surface area contributed by atoms with Crippen LogP contribution in [-0.4, -0.2) is 18.5 Å². The van der Waals surface area contributed by atoms with Gasteiger partial charge >= 0.3 is 6.36 Å². The van der Waals surface area contributed by atoms with E-state index in [1.165, 1.54) is 13.2 Å². The van der Waals surface area contributed by atoms with E-state index in [0.29, 0.717) is 5.56 Å². The van der Waals surface area contributed by atoms with Crippen LogP contribution in [0.4, 0.5) is 13.2 Å². The van der Waals surface area contributed by atoms with Gasteiger partial charge in [0.15, 0.2) is 0 Å². The van der Waals surface area contributed by atoms with E-state index in [0.717, 1.165) is 0 Å². The summed E-state index contributed by atoms with van der Waals surface area (Å²) < 4.78 is 45.0. The smallest absolute Gasteiger partial charge is 0.481 e. The summed E-state index contributed by atoms with van der Waals surface area (Å²) in [5.41, 5.74) is 0.394. The number of ether oxygens (including phenoxy) is 2. The normalized spacial score (nSPS) is 10.9. The molecule has 0 aliphatic heterocycles. The van der Waals surface area contributed by atoms with Crippen molar-refractivity contribution < 1.29 is 22.6 Å². The van der Waals surface area contributed by atoms with E-state index in [4.69, 9.17) is 21.6 Å². The van der Waals surface area contributed by atoms with E-state index in [9.17, 15) is 13.2 Å². The predicted octanol–water partition coefficient (Wildman–Crippen LogP) is 2.79. The summed E-state index contributed by atoms with van der Waals surface area (Å²) in [7, 11) is 1.24. The molecule has 1 aromatic heterocycles. The number of nitriles is 1. The van der Waals surface area contributed by atoms with Gasteiger partial charge in [-0.15, -0.1) is 24.8 Å². The number of nitrogens with zero attached hydrogens (tertiary/aromatic N) is 2. The van der Waals surface area contributed by atoms with Crippen LogP contribution in [0.1, 0.15) is 11.1 Å². The molecular weight excluding hydrogens is 273 g/mol. The van der Waals surface area contributed by atoms with Crippen molar-refractivity contribution in [3.63, 3.8) is 0 Å². The van der Waals surface area contributed by atoms with Crippen molar-refractivity contribution >= 4 is 11.6 Å². The standard InChI is InChI=1S/C10H8ClF3N2O2/c1-17-8-6(2-3-15)4-7(5-11)9(16-8)18-10(12,13)14/h4H,2,5H2,1H3. The zero-order valence-electron chi connectivity index (χ0n) is 9.21. The summed E-state index contributed by atoms with van der Waals surface area (Å²) in [5.74, 6) is -0.985. The maximum Gasteiger partial charge on any atom is 0.574 e. The lowest BCUT2D eigenvalue weighted by atomic mass is 10.1. The van der Waals surface area contributed by atoms with E-state index >= 15 is 0 Å². The summed E-state index contributed by atoms with van der Waals surface area (Å²) >= 11 is 5.52. The van der Waals surface area contributed by atoms with Crippen LogP contribution in [0.5, 0.6) is 11.8 Å². The largest absolute Gasteiger partial charge is 0.574 e. The molecule has 1 aromatic rings. The van der Waals surface area contributed by atoms with Crippen molar-refractivity contribution in [1.82, 2.24) is 4.98 Å². The van der Waals surface area contributed by atoms with Crippen LogP contribution < -0.4 is 9.47 Å². The number of hydrogen-bond acceptors (Lipinski definition) is 4. The van der Waals surface area contributed by atoms with Crippen LogP contribution in [0.3, 0.4) is 0 Å². The minimum atomic E-state index is -4.87. The molecule has 1 rings (SSSR count). The maximum atomic E-state index is 12.1. The summed E-state index contributed by atoms with van der Waals surface area (Å²) in [4.78, 5) is 3.57. The molecule has 4 nitrogen and oxygen atoms in total. The van der Waals surface area contributed by atoms with Gasteiger partial charge in [0.1, 0.15) is 0 Å². The Morgan fingerprint density at radius 1 is 1.39 bits per heavy atom. The number of alkyl halides is 4. The molecule has 0 radical (unpaired) electrons. The monoisotopic (exact) mass is 280 g/mol. The maximum absolute atomic E-state index is 12.1. The fourth-order valence-corrected chi connectivity index (χ4v) is 1.44. The Bertz CT molecular complexity index is 471. The van der Waals surface area contributed by atoms with Gasteiger partial charge in [0.25, 0.3) is 0 Å². The Morgan fingerprint density at radius 3 is 2.50 bits per heavy atom. The molecule has 0 spiro atoms. The van der Waals surface area contributed by atoms with Gasteiger partial charge in [0.2, 0.25) is 11.8 Å². The number of aromatic nitrogens is 1. The number of methoxy groups -OCH3 is 1. The summed E-state index contributed by atoms with van der Waals surface area (Å²) in [5, 5.41) is 8.58. The van der Waals surface area contributed by atoms with Crippen LogP contribution in [-0.2, 0) is 12.3 Å². The van der Waals surface area contributed by atoms with Crippen LogP contribution in [0.15, 0.2) is 6.07 Å². The summed E-state index contributed by atoms with van der Waals surface area (Å²) in [6.45, 7) is 0. The molecule has 0 fully saturated rings. The first-order valence-corrected chi connectivity index (χ1v) is 5.20. The van der Waals surface area contributed by atoms with Crippen molar-refractivity contribution in [2.24, 2.45) is 0 Å². The van der Waals surface area contributed by atoms with Crippen molar-refractivity contribution in [1.29, 1.82) is 5.26 Å². The van der Waals surface area contributed by atoms with Crippen molar-refractivity contribution in [3.8, 4) is 17.8 Å². The molecule has 18 heavy (non-hydrogen) atoms. The number of pyridine rings is 1. The molecule has 0 aliphatic carbocycles. The van der Waals surface area contributed by atoms with Crippen molar-refractivity contribution in [2.75, 3.05) is 7.11 Å². The van der Waals surface area contributed by atoms with Gasteiger partial charge in [-0.05, 0) is 6.07 Å². The molecule has 0 amide bonds. The van der Waals surface area contributed by atoms with Gasteiger partial charge in [-0.3, -0.25) is 0 Å². The first kappa shape index (κ1) is 14.4. The third kappa shape index (κ3) is 3.67. The van der Waals surface area contributed by atoms with E-state index in [2.05, 4.69) is 9.72 Å². The average molecular weight is 281 g/mol. The third-order valence-corrected chi connectivity index (χ3v) is 2.21. The lowest BCUT2D eigenvalue weighted by Crippen LogP contribution is -2.19. The second kappa shape index (κ2) is 5.78. The van der Waals surface area contributed by atoms with E-state index < -0.39 is 12.2 Å². The fourth-order valence-electron chi connectivity index (χ4n) is 1.25. The zero-order valence-corrected chi connectivity index (χ0v) is 9.97. The predicted molar refractivity (Wildman–Crippen MR) is 56.3 cm³/mol. The van der Waals surface area contributed by atoms with Gasteiger partial charge in [0, 0.05) is 11.1 Å².